The van der Waals surface area contributed by atoms with Crippen LogP contribution in [0.4, 0.5) is 0 Å². The van der Waals surface area contributed by atoms with E-state index < -0.39 is 0 Å². The molecular formula is C4H9Cl2LiMg. The van der Waals surface area contributed by atoms with Gasteiger partial charge < -0.3 is 31.7 Å². The van der Waals surface area contributed by atoms with Crippen LogP contribution < -0.4 is 43.7 Å². The molecule has 0 amide bonds. The summed E-state index contributed by atoms with van der Waals surface area (Å²) in [4.78, 5) is 0. The largest absolute Gasteiger partial charge is 2.00 e. The van der Waals surface area contributed by atoms with Crippen LogP contribution in [-0.2, 0) is 0 Å². The van der Waals surface area contributed by atoms with E-state index in [0.29, 0.717) is 0 Å². The van der Waals surface area contributed by atoms with Gasteiger partial charge in [-0.25, -0.2) is 0 Å². The second-order valence-electron chi connectivity index (χ2n) is 0.854. The van der Waals surface area contributed by atoms with E-state index in [1.807, 2.05) is 0 Å². The maximum Gasteiger partial charge on any atom is 2.00 e. The van der Waals surface area contributed by atoms with E-state index in [9.17, 15) is 0 Å². The van der Waals surface area contributed by atoms with Crippen molar-refractivity contribution in [1.82, 2.24) is 0 Å². The zero-order valence-corrected chi connectivity index (χ0v) is 8.51. The van der Waals surface area contributed by atoms with Crippen molar-refractivity contribution in [2.45, 2.75) is 19.8 Å². The smallest absolute Gasteiger partial charge is 1.00 e. The Hall–Kier alpha value is 1.94. The third-order valence-corrected chi connectivity index (χ3v) is 0.354. The van der Waals surface area contributed by atoms with Crippen molar-refractivity contribution in [3.63, 3.8) is 0 Å². The average Bonchev–Trinajstić information content (AvgIpc) is 1.37. The molecular weight excluding hydrogens is 150 g/mol. The minimum absolute atomic E-state index is 0. The number of hydrogen-bond acceptors (Lipinski definition) is 0. The summed E-state index contributed by atoms with van der Waals surface area (Å²) in [6, 6.07) is 0. The molecule has 0 fully saturated rings. The fourth-order valence-electron chi connectivity index (χ4n) is 0. The van der Waals surface area contributed by atoms with E-state index in [0.717, 1.165) is 6.42 Å². The summed E-state index contributed by atoms with van der Waals surface area (Å²) < 4.78 is 0. The molecule has 0 aromatic carbocycles. The first-order valence-electron chi connectivity index (χ1n) is 1.71. The Balaban J connectivity index is -0.00000000750. The van der Waals surface area contributed by atoms with Gasteiger partial charge in [0.15, 0.2) is 0 Å². The Kier molecular flexibility index (Phi) is 148. The fraction of sp³-hybridized carbons (Fsp3) is 0.750. The standard InChI is InChI=1S/C4H9.2ClH.Li.Mg/c1-3-4-2;;;;/h1,3-4H2,2H3;2*1H;;/q-1;;;+1;+2/p-2. The zero-order chi connectivity index (χ0) is 3.41. The van der Waals surface area contributed by atoms with E-state index in [2.05, 4.69) is 13.8 Å². The van der Waals surface area contributed by atoms with Gasteiger partial charge in [0, 0.05) is 0 Å². The molecule has 0 unspecified atom stereocenters. The van der Waals surface area contributed by atoms with Gasteiger partial charge >= 0.3 is 41.9 Å². The molecule has 0 aliphatic rings. The van der Waals surface area contributed by atoms with Crippen LogP contribution in [0, 0.1) is 6.92 Å². The Morgan fingerprint density at radius 2 is 1.38 bits per heavy atom. The molecule has 0 saturated carbocycles. The van der Waals surface area contributed by atoms with Crippen LogP contribution in [0.3, 0.4) is 0 Å². The molecule has 0 aromatic heterocycles. The molecule has 0 nitrogen and oxygen atoms in total. The minimum Gasteiger partial charge on any atom is -1.00 e. The molecule has 0 heterocycles. The Morgan fingerprint density at radius 3 is 1.38 bits per heavy atom. The molecule has 0 aliphatic heterocycles. The number of halogens is 2. The van der Waals surface area contributed by atoms with Crippen LogP contribution in [0.15, 0.2) is 0 Å². The summed E-state index contributed by atoms with van der Waals surface area (Å²) in [7, 11) is 0. The molecule has 0 N–H and O–H groups in total. The van der Waals surface area contributed by atoms with Crippen LogP contribution >= 0.6 is 0 Å². The van der Waals surface area contributed by atoms with Gasteiger partial charge in [-0.2, -0.15) is 6.42 Å². The predicted molar refractivity (Wildman–Crippen MR) is 26.0 cm³/mol. The van der Waals surface area contributed by atoms with Crippen molar-refractivity contribution in [2.75, 3.05) is 0 Å². The van der Waals surface area contributed by atoms with Gasteiger partial charge in [-0.15, -0.1) is 0 Å². The number of unbranched alkanes of at least 4 members (excludes halogenated alkanes) is 1. The Bertz CT molecular complexity index is 16.0. The number of hydrogen-bond donors (Lipinski definition) is 0. The molecule has 0 radical (unpaired) electrons. The maximum atomic E-state index is 3.60. The summed E-state index contributed by atoms with van der Waals surface area (Å²) in [5.74, 6) is 0. The quantitative estimate of drug-likeness (QED) is 0.263. The fourth-order valence-corrected chi connectivity index (χ4v) is 0. The van der Waals surface area contributed by atoms with Gasteiger partial charge in [0.2, 0.25) is 0 Å². The molecule has 4 heteroatoms. The van der Waals surface area contributed by atoms with Crippen LogP contribution in [0.25, 0.3) is 0 Å². The van der Waals surface area contributed by atoms with E-state index in [-0.39, 0.29) is 66.7 Å². The van der Waals surface area contributed by atoms with Gasteiger partial charge in [-0.05, 0) is 0 Å². The molecule has 0 aliphatic carbocycles. The molecule has 0 aromatic rings. The van der Waals surface area contributed by atoms with E-state index in [1.165, 1.54) is 6.42 Å². The second-order valence-corrected chi connectivity index (χ2v) is 0.854. The Labute approximate surface area is 92.7 Å². The first-order chi connectivity index (χ1) is 1.91. The maximum absolute atomic E-state index is 3.60. The first-order valence-corrected chi connectivity index (χ1v) is 1.71. The first kappa shape index (κ1) is 32.5. The molecule has 0 spiro atoms. The van der Waals surface area contributed by atoms with Crippen molar-refractivity contribution >= 4 is 23.1 Å². The van der Waals surface area contributed by atoms with Crippen molar-refractivity contribution in [1.29, 1.82) is 0 Å². The molecule has 0 saturated heterocycles. The van der Waals surface area contributed by atoms with Gasteiger partial charge in [0.05, 0.1) is 0 Å². The number of rotatable bonds is 1. The van der Waals surface area contributed by atoms with Crippen molar-refractivity contribution < 1.29 is 43.7 Å². The summed E-state index contributed by atoms with van der Waals surface area (Å²) >= 11 is 0. The normalized spacial score (nSPS) is 3.75. The van der Waals surface area contributed by atoms with Gasteiger partial charge in [0.1, 0.15) is 0 Å². The SMILES string of the molecule is [CH2-]CCC.[Cl-].[Cl-].[Li+].[Mg+2]. The molecule has 0 atom stereocenters. The minimum atomic E-state index is 0. The van der Waals surface area contributed by atoms with Gasteiger partial charge in [-0.1, -0.05) is 13.3 Å². The van der Waals surface area contributed by atoms with Crippen LogP contribution in [-0.4, -0.2) is 23.1 Å². The predicted octanol–water partition coefficient (Wildman–Crippen LogP) is -7.75. The zero-order valence-electron chi connectivity index (χ0n) is 5.58. The van der Waals surface area contributed by atoms with Crippen LogP contribution in [0.5, 0.6) is 0 Å². The van der Waals surface area contributed by atoms with Crippen molar-refractivity contribution in [3.8, 4) is 0 Å². The molecule has 0 rings (SSSR count). The Morgan fingerprint density at radius 1 is 1.25 bits per heavy atom. The van der Waals surface area contributed by atoms with Crippen LogP contribution in [0.1, 0.15) is 19.8 Å². The van der Waals surface area contributed by atoms with E-state index in [4.69, 9.17) is 0 Å². The monoisotopic (exact) mass is 158 g/mol. The summed E-state index contributed by atoms with van der Waals surface area (Å²) in [5.41, 5.74) is 0. The van der Waals surface area contributed by atoms with Gasteiger partial charge in [-0.3, -0.25) is 0 Å². The average molecular weight is 159 g/mol. The molecule has 42 valence electrons. The second kappa shape index (κ2) is 36.3. The summed E-state index contributed by atoms with van der Waals surface area (Å²) in [5, 5.41) is 0. The summed E-state index contributed by atoms with van der Waals surface area (Å²) in [6.07, 6.45) is 2.28. The van der Waals surface area contributed by atoms with Crippen LogP contribution in [0.2, 0.25) is 0 Å². The van der Waals surface area contributed by atoms with Crippen molar-refractivity contribution in [3.05, 3.63) is 6.92 Å². The molecule has 0 bridgehead atoms. The topological polar surface area (TPSA) is 0 Å². The molecule has 8 heavy (non-hydrogen) atoms. The third-order valence-electron chi connectivity index (χ3n) is 0.354. The van der Waals surface area contributed by atoms with Gasteiger partial charge in [0.25, 0.3) is 0 Å². The third kappa shape index (κ3) is 44.2. The summed E-state index contributed by atoms with van der Waals surface area (Å²) in [6.45, 7) is 5.72. The van der Waals surface area contributed by atoms with Crippen molar-refractivity contribution in [2.24, 2.45) is 0 Å². The van der Waals surface area contributed by atoms with E-state index >= 15 is 0 Å². The van der Waals surface area contributed by atoms with E-state index in [1.54, 1.807) is 0 Å².